The highest BCUT2D eigenvalue weighted by atomic mass is 31.2. The van der Waals surface area contributed by atoms with Crippen LogP contribution in [-0.4, -0.2) is 87.2 Å². The van der Waals surface area contributed by atoms with Gasteiger partial charge in [0.2, 0.25) is 0 Å². The molecule has 0 radical (unpaired) electrons. The molecule has 0 spiro atoms. The molecule has 0 bridgehead atoms. The van der Waals surface area contributed by atoms with E-state index in [0.29, 0.717) is 11.5 Å². The van der Waals surface area contributed by atoms with Crippen molar-refractivity contribution in [3.63, 3.8) is 0 Å². The van der Waals surface area contributed by atoms with Gasteiger partial charge in [-0.2, -0.15) is 0 Å². The Bertz CT molecular complexity index is 2500. The van der Waals surface area contributed by atoms with Gasteiger partial charge >= 0.3 is 5.69 Å². The summed E-state index contributed by atoms with van der Waals surface area (Å²) in [5.41, 5.74) is 0.298. The molecule has 7 atom stereocenters. The van der Waals surface area contributed by atoms with Crippen LogP contribution in [0.1, 0.15) is 35.8 Å². The van der Waals surface area contributed by atoms with E-state index < -0.39 is 58.0 Å². The number of benzene rings is 5. The summed E-state index contributed by atoms with van der Waals surface area (Å²) in [5, 5.41) is 2.72. The third-order valence-corrected chi connectivity index (χ3v) is 19.3. The second-order valence-corrected chi connectivity index (χ2v) is 22.3. The number of ether oxygens (including phenoxy) is 5. The molecule has 3 saturated heterocycles. The van der Waals surface area contributed by atoms with Gasteiger partial charge in [0.15, 0.2) is 6.23 Å². The molecule has 0 amide bonds. The largest absolute Gasteiger partial charge is 0.497 e. The average Bonchev–Trinajstić information content (AvgIpc) is 4.05. The maximum absolute atomic E-state index is 13.4. The molecule has 5 aromatic carbocycles. The molecule has 3 aliphatic rings. The highest BCUT2D eigenvalue weighted by Gasteiger charge is 2.55. The van der Waals surface area contributed by atoms with Crippen molar-refractivity contribution in [3.8, 4) is 11.5 Å². The van der Waals surface area contributed by atoms with Crippen molar-refractivity contribution < 1.29 is 32.7 Å². The van der Waals surface area contributed by atoms with Crippen LogP contribution >= 0.6 is 8.53 Å². The van der Waals surface area contributed by atoms with E-state index in [1.807, 2.05) is 78.9 Å². The maximum Gasteiger partial charge on any atom is 0.330 e. The van der Waals surface area contributed by atoms with Gasteiger partial charge in [-0.1, -0.05) is 132 Å². The second kappa shape index (κ2) is 19.1. The number of H-pyrrole nitrogens is 1. The number of nitrogens with zero attached hydrogens (tertiary/aromatic N) is 2. The summed E-state index contributed by atoms with van der Waals surface area (Å²) >= 11 is 0. The molecule has 332 valence electrons. The molecule has 14 heteroatoms. The number of methoxy groups -OCH3 is 3. The summed E-state index contributed by atoms with van der Waals surface area (Å²) in [4.78, 5) is 28.1. The van der Waals surface area contributed by atoms with E-state index in [4.69, 9.17) is 32.7 Å². The molecular formula is C50H54N3O9PSi. The summed E-state index contributed by atoms with van der Waals surface area (Å²) in [7, 11) is 0.975. The zero-order valence-electron chi connectivity index (χ0n) is 36.4. The van der Waals surface area contributed by atoms with Crippen molar-refractivity contribution in [1.29, 1.82) is 0 Å². The third kappa shape index (κ3) is 8.43. The van der Waals surface area contributed by atoms with Crippen LogP contribution in [0.4, 0.5) is 0 Å². The average molecular weight is 900 g/mol. The first-order valence-corrected chi connectivity index (χ1v) is 25.6. The Balaban J connectivity index is 1.09. The summed E-state index contributed by atoms with van der Waals surface area (Å²) in [6, 6.07) is 49.8. The summed E-state index contributed by atoms with van der Waals surface area (Å²) in [5.74, 6) is 1.41. The second-order valence-electron chi connectivity index (χ2n) is 16.7. The molecule has 64 heavy (non-hydrogen) atoms. The standard InChI is InChI=1S/C50H54N3O9PSi/c1-56-38-26-22-36(23-27-38)50(35-15-8-5-9-16-35,37-24-28-39(57-2)29-25-37)59-33-43-46(47(58-3)48(60-43)52-32-30-45(54)51-49(52)55)62-63-53-31-14-21-42(53)44(61-63)34-64(4,40-17-10-6-11-18-40)41-19-12-7-13-20-41/h5-13,15-20,22-30,32,42-44,46-48H,14,21,31,33-34H2,1-4H3,(H,51,54,55)/t42-,43-,44+,46+,47?,48-,63+/m1/s1. The lowest BCUT2D eigenvalue weighted by atomic mass is 9.80. The quantitative estimate of drug-likeness (QED) is 0.0628. The zero-order chi connectivity index (χ0) is 44.3. The van der Waals surface area contributed by atoms with Gasteiger partial charge in [0.05, 0.1) is 26.9 Å². The maximum atomic E-state index is 13.4. The predicted molar refractivity (Wildman–Crippen MR) is 249 cm³/mol. The smallest absolute Gasteiger partial charge is 0.330 e. The molecule has 3 aliphatic heterocycles. The van der Waals surface area contributed by atoms with Gasteiger partial charge in [0, 0.05) is 32.0 Å². The Hall–Kier alpha value is -5.21. The highest BCUT2D eigenvalue weighted by molar-refractivity contribution is 7.45. The fraction of sp³-hybridized carbons (Fsp3) is 0.320. The Morgan fingerprint density at radius 1 is 0.719 bits per heavy atom. The van der Waals surface area contributed by atoms with Crippen molar-refractivity contribution in [1.82, 2.24) is 14.2 Å². The van der Waals surface area contributed by atoms with Gasteiger partial charge in [-0.25, -0.2) is 9.46 Å². The topological polar surface area (TPSA) is 123 Å². The van der Waals surface area contributed by atoms with Gasteiger partial charge < -0.3 is 32.7 Å². The first kappa shape index (κ1) is 44.0. The molecule has 1 aromatic heterocycles. The number of hydrogen-bond donors (Lipinski definition) is 1. The molecule has 12 nitrogen and oxygen atoms in total. The monoisotopic (exact) mass is 899 g/mol. The SMILES string of the molecule is COc1ccc(C(OC[C@H]2O[C@@H](n3ccc(=O)[nH]c3=O)C(OC)[C@H]2O[P@]2O[C@@H](C[Si](C)(c3ccccc3)c3ccccc3)[C@H]3CCCN32)(c2ccccc2)c2ccc(OC)cc2)cc1. The van der Waals surface area contributed by atoms with Crippen molar-refractivity contribution >= 4 is 27.0 Å². The van der Waals surface area contributed by atoms with Crippen LogP contribution < -0.4 is 31.1 Å². The van der Waals surface area contributed by atoms with Gasteiger partial charge in [0.25, 0.3) is 14.1 Å². The third-order valence-electron chi connectivity index (χ3n) is 13.1. The van der Waals surface area contributed by atoms with E-state index in [0.717, 1.165) is 42.1 Å². The molecule has 1 unspecified atom stereocenters. The van der Waals surface area contributed by atoms with Crippen molar-refractivity contribution in [2.24, 2.45) is 0 Å². The molecule has 0 aliphatic carbocycles. The molecular weight excluding hydrogens is 846 g/mol. The van der Waals surface area contributed by atoms with Gasteiger partial charge in [-0.15, -0.1) is 0 Å². The normalized spacial score (nSPS) is 23.5. The van der Waals surface area contributed by atoms with Crippen LogP contribution in [0.3, 0.4) is 0 Å². The van der Waals surface area contributed by atoms with E-state index in [1.165, 1.54) is 27.2 Å². The minimum atomic E-state index is -2.29. The number of aromatic amines is 1. The number of rotatable bonds is 16. The Morgan fingerprint density at radius 2 is 1.28 bits per heavy atom. The van der Waals surface area contributed by atoms with Crippen LogP contribution in [0, 0.1) is 0 Å². The number of aromatic nitrogens is 2. The lowest BCUT2D eigenvalue weighted by Crippen LogP contribution is -2.58. The van der Waals surface area contributed by atoms with Crippen molar-refractivity contribution in [3.05, 3.63) is 189 Å². The van der Waals surface area contributed by atoms with E-state index in [1.54, 1.807) is 21.3 Å². The number of fused-ring (bicyclic) bond motifs is 1. The number of nitrogens with one attached hydrogen (secondary N) is 1. The molecule has 9 rings (SSSR count). The van der Waals surface area contributed by atoms with Crippen molar-refractivity contribution in [2.45, 2.75) is 67.7 Å². The highest BCUT2D eigenvalue weighted by Crippen LogP contribution is 2.59. The zero-order valence-corrected chi connectivity index (χ0v) is 38.3. The van der Waals surface area contributed by atoms with Crippen LogP contribution in [0.2, 0.25) is 12.6 Å². The minimum absolute atomic E-state index is 0.00904. The van der Waals surface area contributed by atoms with Crippen LogP contribution in [-0.2, 0) is 28.9 Å². The summed E-state index contributed by atoms with van der Waals surface area (Å²) in [6.45, 7) is 3.29. The fourth-order valence-corrected chi connectivity index (χ4v) is 15.7. The minimum Gasteiger partial charge on any atom is -0.497 e. The van der Waals surface area contributed by atoms with E-state index >= 15 is 0 Å². The van der Waals surface area contributed by atoms with Gasteiger partial charge in [-0.05, 0) is 59.8 Å². The van der Waals surface area contributed by atoms with E-state index in [-0.39, 0.29) is 18.8 Å². The fourth-order valence-electron chi connectivity index (χ4n) is 9.74. The molecule has 4 heterocycles. The van der Waals surface area contributed by atoms with E-state index in [9.17, 15) is 9.59 Å². The molecule has 0 saturated carbocycles. The Kier molecular flexibility index (Phi) is 13.1. The van der Waals surface area contributed by atoms with Crippen LogP contribution in [0.25, 0.3) is 0 Å². The Morgan fingerprint density at radius 3 is 1.83 bits per heavy atom. The van der Waals surface area contributed by atoms with Crippen LogP contribution in [0.5, 0.6) is 11.5 Å². The summed E-state index contributed by atoms with van der Waals surface area (Å²) < 4.78 is 49.8. The lowest BCUT2D eigenvalue weighted by Gasteiger charge is -2.37. The molecule has 3 fully saturated rings. The molecule has 1 N–H and O–H groups in total. The van der Waals surface area contributed by atoms with Gasteiger partial charge in [-0.3, -0.25) is 14.3 Å². The lowest BCUT2D eigenvalue weighted by molar-refractivity contribution is -0.0955. The van der Waals surface area contributed by atoms with Crippen molar-refractivity contribution in [2.75, 3.05) is 34.5 Å². The molecule has 6 aromatic rings. The number of hydrogen-bond acceptors (Lipinski definition) is 10. The van der Waals surface area contributed by atoms with E-state index in [2.05, 4.69) is 76.9 Å². The first-order chi connectivity index (χ1) is 31.2. The van der Waals surface area contributed by atoms with Gasteiger partial charge in [0.1, 0.15) is 43.5 Å². The summed E-state index contributed by atoms with van der Waals surface area (Å²) in [6.07, 6.45) is 0.115. The predicted octanol–water partition coefficient (Wildman–Crippen LogP) is 6.84. The Labute approximate surface area is 375 Å². The van der Waals surface area contributed by atoms with Crippen LogP contribution in [0.15, 0.2) is 161 Å². The first-order valence-electron chi connectivity index (χ1n) is 21.8.